The molecule has 114 valence electrons. The summed E-state index contributed by atoms with van der Waals surface area (Å²) in [6.07, 6.45) is 4.32. The normalized spacial score (nSPS) is 15.4. The van der Waals surface area contributed by atoms with Crippen LogP contribution < -0.4 is 10.1 Å². The summed E-state index contributed by atoms with van der Waals surface area (Å²) in [5.74, 6) is 0.775. The van der Waals surface area contributed by atoms with Gasteiger partial charge in [-0.3, -0.25) is 4.79 Å². The molecule has 1 aromatic carbocycles. The van der Waals surface area contributed by atoms with Crippen LogP contribution in [0.25, 0.3) is 0 Å². The Bertz CT molecular complexity index is 494. The second kappa shape index (κ2) is 7.84. The summed E-state index contributed by atoms with van der Waals surface area (Å²) < 4.78 is 5.37. The highest BCUT2D eigenvalue weighted by atomic mass is 16.5. The molecule has 0 spiro atoms. The molecule has 1 amide bonds. The average Bonchev–Trinajstić information content (AvgIpc) is 2.50. The van der Waals surface area contributed by atoms with E-state index in [0.717, 1.165) is 31.7 Å². The highest BCUT2D eigenvalue weighted by Crippen LogP contribution is 2.13. The monoisotopic (exact) mass is 288 g/mol. The van der Waals surface area contributed by atoms with Crippen LogP contribution in [0.2, 0.25) is 0 Å². The van der Waals surface area contributed by atoms with Crippen molar-refractivity contribution in [2.75, 3.05) is 33.3 Å². The molecule has 0 unspecified atom stereocenters. The van der Waals surface area contributed by atoms with E-state index in [1.54, 1.807) is 12.1 Å². The van der Waals surface area contributed by atoms with E-state index >= 15 is 0 Å². The quantitative estimate of drug-likeness (QED) is 0.818. The Hall–Kier alpha value is -1.81. The molecule has 4 heteroatoms. The van der Waals surface area contributed by atoms with E-state index < -0.39 is 0 Å². The fraction of sp³-hybridized carbons (Fsp3) is 0.471. The van der Waals surface area contributed by atoms with E-state index in [1.165, 1.54) is 5.57 Å². The zero-order chi connectivity index (χ0) is 15.1. The van der Waals surface area contributed by atoms with Gasteiger partial charge in [-0.05, 0) is 51.1 Å². The van der Waals surface area contributed by atoms with Crippen molar-refractivity contribution < 1.29 is 9.53 Å². The van der Waals surface area contributed by atoms with E-state index in [1.807, 2.05) is 19.1 Å². The molecule has 1 aliphatic rings. The first kappa shape index (κ1) is 15.6. The Labute approximate surface area is 126 Å². The third-order valence-electron chi connectivity index (χ3n) is 3.67. The Morgan fingerprint density at radius 1 is 1.33 bits per heavy atom. The summed E-state index contributed by atoms with van der Waals surface area (Å²) in [6.45, 7) is 5.40. The summed E-state index contributed by atoms with van der Waals surface area (Å²) in [5, 5.41) is 2.97. The van der Waals surface area contributed by atoms with Crippen molar-refractivity contribution in [3.05, 3.63) is 41.5 Å². The second-order valence-electron chi connectivity index (χ2n) is 5.34. The summed E-state index contributed by atoms with van der Waals surface area (Å²) >= 11 is 0. The molecule has 1 aromatic rings. The van der Waals surface area contributed by atoms with Crippen LogP contribution in [-0.2, 0) is 0 Å². The smallest absolute Gasteiger partial charge is 0.251 e. The van der Waals surface area contributed by atoms with Crippen LogP contribution in [0.3, 0.4) is 0 Å². The van der Waals surface area contributed by atoms with Gasteiger partial charge in [-0.15, -0.1) is 0 Å². The number of likely N-dealkylation sites (N-methyl/N-ethyl adjacent to an activating group) is 1. The van der Waals surface area contributed by atoms with Gasteiger partial charge in [0.25, 0.3) is 5.91 Å². The first-order chi connectivity index (χ1) is 10.2. The van der Waals surface area contributed by atoms with Crippen molar-refractivity contribution in [1.29, 1.82) is 0 Å². The molecule has 1 N–H and O–H groups in total. The van der Waals surface area contributed by atoms with E-state index in [9.17, 15) is 4.79 Å². The van der Waals surface area contributed by atoms with Gasteiger partial charge in [-0.1, -0.05) is 11.6 Å². The number of carbonyl (C=O) groups excluding carboxylic acids is 1. The number of ether oxygens (including phenoxy) is 1. The second-order valence-corrected chi connectivity index (χ2v) is 5.34. The summed E-state index contributed by atoms with van der Waals surface area (Å²) in [6, 6.07) is 7.26. The standard InChI is InChI=1S/C17H24N2O2/c1-3-21-16-6-4-15(5-7-16)17(20)18-11-8-14-9-12-19(2)13-10-14/h4-7,9H,3,8,10-13H2,1-2H3,(H,18,20). The van der Waals surface area contributed by atoms with Crippen LogP contribution in [0.5, 0.6) is 5.75 Å². The molecule has 0 atom stereocenters. The summed E-state index contributed by atoms with van der Waals surface area (Å²) in [7, 11) is 2.13. The number of hydrogen-bond donors (Lipinski definition) is 1. The predicted octanol–water partition coefficient (Wildman–Crippen LogP) is 2.47. The minimum absolute atomic E-state index is 0.0217. The maximum Gasteiger partial charge on any atom is 0.251 e. The molecule has 0 bridgehead atoms. The highest BCUT2D eigenvalue weighted by molar-refractivity contribution is 5.94. The molecule has 4 nitrogen and oxygen atoms in total. The first-order valence-corrected chi connectivity index (χ1v) is 7.56. The highest BCUT2D eigenvalue weighted by Gasteiger charge is 2.09. The van der Waals surface area contributed by atoms with Crippen molar-refractivity contribution in [3.8, 4) is 5.75 Å². The number of amides is 1. The number of nitrogens with zero attached hydrogens (tertiary/aromatic N) is 1. The Morgan fingerprint density at radius 2 is 2.10 bits per heavy atom. The van der Waals surface area contributed by atoms with Crippen LogP contribution in [-0.4, -0.2) is 44.1 Å². The lowest BCUT2D eigenvalue weighted by atomic mass is 10.1. The van der Waals surface area contributed by atoms with E-state index in [0.29, 0.717) is 18.7 Å². The van der Waals surface area contributed by atoms with Crippen molar-refractivity contribution >= 4 is 5.91 Å². The van der Waals surface area contributed by atoms with Gasteiger partial charge in [0.15, 0.2) is 0 Å². The average molecular weight is 288 g/mol. The van der Waals surface area contributed by atoms with Gasteiger partial charge in [0.1, 0.15) is 5.75 Å². The molecule has 1 aliphatic heterocycles. The number of carbonyl (C=O) groups is 1. The maximum absolute atomic E-state index is 12.0. The molecule has 0 aromatic heterocycles. The molecular weight excluding hydrogens is 264 g/mol. The zero-order valence-electron chi connectivity index (χ0n) is 12.9. The minimum atomic E-state index is -0.0217. The SMILES string of the molecule is CCOc1ccc(C(=O)NCCC2=CCN(C)CC2)cc1. The van der Waals surface area contributed by atoms with Crippen molar-refractivity contribution in [3.63, 3.8) is 0 Å². The van der Waals surface area contributed by atoms with Crippen molar-refractivity contribution in [2.24, 2.45) is 0 Å². The molecule has 0 radical (unpaired) electrons. The Balaban J connectivity index is 1.76. The predicted molar refractivity (Wildman–Crippen MR) is 84.8 cm³/mol. The van der Waals surface area contributed by atoms with E-state index in [2.05, 4.69) is 23.3 Å². The van der Waals surface area contributed by atoms with Crippen molar-refractivity contribution in [1.82, 2.24) is 10.2 Å². The lowest BCUT2D eigenvalue weighted by Crippen LogP contribution is -2.27. The van der Waals surface area contributed by atoms with Gasteiger partial charge < -0.3 is 15.0 Å². The van der Waals surface area contributed by atoms with Crippen LogP contribution in [0, 0.1) is 0 Å². The molecule has 1 heterocycles. The van der Waals surface area contributed by atoms with E-state index in [-0.39, 0.29) is 5.91 Å². The maximum atomic E-state index is 12.0. The van der Waals surface area contributed by atoms with Gasteiger partial charge in [0, 0.05) is 25.2 Å². The fourth-order valence-electron chi connectivity index (χ4n) is 2.35. The molecule has 21 heavy (non-hydrogen) atoms. The molecule has 2 rings (SSSR count). The molecular formula is C17H24N2O2. The molecule has 0 saturated heterocycles. The van der Waals surface area contributed by atoms with Crippen LogP contribution in [0.1, 0.15) is 30.1 Å². The third kappa shape index (κ3) is 4.90. The van der Waals surface area contributed by atoms with Gasteiger partial charge in [0.2, 0.25) is 0 Å². The van der Waals surface area contributed by atoms with Crippen molar-refractivity contribution in [2.45, 2.75) is 19.8 Å². The lowest BCUT2D eigenvalue weighted by molar-refractivity contribution is 0.0954. The summed E-state index contributed by atoms with van der Waals surface area (Å²) in [5.41, 5.74) is 2.12. The number of rotatable bonds is 6. The molecule has 0 saturated carbocycles. The molecule has 0 fully saturated rings. The van der Waals surface area contributed by atoms with Gasteiger partial charge in [-0.2, -0.15) is 0 Å². The first-order valence-electron chi connectivity index (χ1n) is 7.56. The van der Waals surface area contributed by atoms with Crippen LogP contribution in [0.4, 0.5) is 0 Å². The zero-order valence-corrected chi connectivity index (χ0v) is 12.9. The van der Waals surface area contributed by atoms with Crippen LogP contribution in [0.15, 0.2) is 35.9 Å². The number of benzene rings is 1. The summed E-state index contributed by atoms with van der Waals surface area (Å²) in [4.78, 5) is 14.3. The number of hydrogen-bond acceptors (Lipinski definition) is 3. The van der Waals surface area contributed by atoms with Crippen LogP contribution >= 0.6 is 0 Å². The van der Waals surface area contributed by atoms with Gasteiger partial charge in [0.05, 0.1) is 6.61 Å². The Morgan fingerprint density at radius 3 is 2.71 bits per heavy atom. The molecule has 0 aliphatic carbocycles. The Kier molecular flexibility index (Phi) is 5.81. The fourth-order valence-corrected chi connectivity index (χ4v) is 2.35. The number of nitrogens with one attached hydrogen (secondary N) is 1. The third-order valence-corrected chi connectivity index (χ3v) is 3.67. The minimum Gasteiger partial charge on any atom is -0.494 e. The largest absolute Gasteiger partial charge is 0.494 e. The van der Waals surface area contributed by atoms with E-state index in [4.69, 9.17) is 4.74 Å². The van der Waals surface area contributed by atoms with Gasteiger partial charge >= 0.3 is 0 Å². The topological polar surface area (TPSA) is 41.6 Å². The van der Waals surface area contributed by atoms with Gasteiger partial charge in [-0.25, -0.2) is 0 Å². The lowest BCUT2D eigenvalue weighted by Gasteiger charge is -2.21.